The zero-order valence-electron chi connectivity index (χ0n) is 15.2. The van der Waals surface area contributed by atoms with Gasteiger partial charge in [0, 0.05) is 18.3 Å². The molecule has 5 nitrogen and oxygen atoms in total. The zero-order chi connectivity index (χ0) is 17.8. The van der Waals surface area contributed by atoms with Crippen molar-refractivity contribution in [2.75, 3.05) is 11.4 Å². The van der Waals surface area contributed by atoms with E-state index in [1.807, 2.05) is 6.07 Å². The van der Waals surface area contributed by atoms with Gasteiger partial charge in [-0.05, 0) is 49.4 Å². The molecule has 1 aliphatic heterocycles. The lowest BCUT2D eigenvalue weighted by atomic mass is 10.0. The maximum absolute atomic E-state index is 12.5. The van der Waals surface area contributed by atoms with Gasteiger partial charge >= 0.3 is 0 Å². The monoisotopic (exact) mass is 350 g/mol. The van der Waals surface area contributed by atoms with E-state index in [0.29, 0.717) is 5.69 Å². The van der Waals surface area contributed by atoms with Crippen LogP contribution in [0.2, 0.25) is 0 Å². The van der Waals surface area contributed by atoms with Crippen molar-refractivity contribution in [2.24, 2.45) is 0 Å². The summed E-state index contributed by atoms with van der Waals surface area (Å²) in [6.45, 7) is 0.930. The fraction of sp³-hybridized carbons (Fsp3) is 0.476. The van der Waals surface area contributed by atoms with Gasteiger partial charge in [0.15, 0.2) is 11.5 Å². The highest BCUT2D eigenvalue weighted by atomic mass is 16.2. The molecule has 0 spiro atoms. The van der Waals surface area contributed by atoms with Crippen molar-refractivity contribution >= 4 is 17.4 Å². The van der Waals surface area contributed by atoms with Crippen LogP contribution < -0.4 is 10.2 Å². The lowest BCUT2D eigenvalue weighted by molar-refractivity contribution is 0.0927. The Balaban J connectivity index is 1.46. The number of para-hydroxylation sites is 1. The van der Waals surface area contributed by atoms with Gasteiger partial charge < -0.3 is 10.2 Å². The van der Waals surface area contributed by atoms with Gasteiger partial charge in [-0.15, -0.1) is 10.2 Å². The van der Waals surface area contributed by atoms with E-state index in [2.05, 4.69) is 44.7 Å². The van der Waals surface area contributed by atoms with E-state index in [4.69, 9.17) is 0 Å². The molecule has 0 radical (unpaired) electrons. The Morgan fingerprint density at radius 1 is 0.962 bits per heavy atom. The largest absolute Gasteiger partial charge is 0.348 e. The molecule has 2 aromatic rings. The van der Waals surface area contributed by atoms with E-state index >= 15 is 0 Å². The Bertz CT molecular complexity index is 751. The van der Waals surface area contributed by atoms with Crippen LogP contribution in [0.3, 0.4) is 0 Å². The number of anilines is 2. The molecule has 0 unspecified atom stereocenters. The van der Waals surface area contributed by atoms with Crippen LogP contribution in [0.15, 0.2) is 36.4 Å². The standard InChI is InChI=1S/C21H26N4O/c26-21(22-17-10-3-1-2-4-11-17)18-13-14-20(24-23-18)25-15-7-9-16-8-5-6-12-19(16)25/h5-6,8,12-14,17H,1-4,7,9-11,15H2,(H,22,26). The predicted molar refractivity (Wildman–Crippen MR) is 103 cm³/mol. The van der Waals surface area contributed by atoms with Crippen LogP contribution in [-0.2, 0) is 6.42 Å². The summed E-state index contributed by atoms with van der Waals surface area (Å²) in [5.41, 5.74) is 2.95. The van der Waals surface area contributed by atoms with Crippen molar-refractivity contribution in [3.8, 4) is 0 Å². The molecule has 0 atom stereocenters. The van der Waals surface area contributed by atoms with Gasteiger partial charge in [-0.1, -0.05) is 43.9 Å². The second kappa shape index (κ2) is 7.85. The number of rotatable bonds is 3. The van der Waals surface area contributed by atoms with Crippen molar-refractivity contribution in [3.63, 3.8) is 0 Å². The maximum Gasteiger partial charge on any atom is 0.272 e. The number of carbonyl (C=O) groups excluding carboxylic acids is 1. The third-order valence-electron chi connectivity index (χ3n) is 5.46. The number of benzene rings is 1. The first kappa shape index (κ1) is 17.0. The highest BCUT2D eigenvalue weighted by Gasteiger charge is 2.20. The molecule has 5 heteroatoms. The van der Waals surface area contributed by atoms with Gasteiger partial charge in [0.25, 0.3) is 5.91 Å². The number of aromatic nitrogens is 2. The van der Waals surface area contributed by atoms with Crippen molar-refractivity contribution in [3.05, 3.63) is 47.7 Å². The number of carbonyl (C=O) groups is 1. The van der Waals surface area contributed by atoms with Crippen molar-refractivity contribution < 1.29 is 4.79 Å². The Kier molecular flexibility index (Phi) is 5.14. The second-order valence-electron chi connectivity index (χ2n) is 7.32. The van der Waals surface area contributed by atoms with Gasteiger partial charge in [0.2, 0.25) is 0 Å². The first-order chi connectivity index (χ1) is 12.8. The summed E-state index contributed by atoms with van der Waals surface area (Å²) in [6, 6.07) is 12.4. The minimum atomic E-state index is -0.102. The van der Waals surface area contributed by atoms with Gasteiger partial charge in [0.05, 0.1) is 0 Å². The number of nitrogens with zero attached hydrogens (tertiary/aromatic N) is 3. The molecule has 26 heavy (non-hydrogen) atoms. The quantitative estimate of drug-likeness (QED) is 0.850. The molecule has 1 amide bonds. The third-order valence-corrected chi connectivity index (χ3v) is 5.46. The number of fused-ring (bicyclic) bond motifs is 1. The number of aryl methyl sites for hydroxylation is 1. The van der Waals surface area contributed by atoms with Crippen LogP contribution >= 0.6 is 0 Å². The molecule has 1 aromatic heterocycles. The van der Waals surface area contributed by atoms with Crippen LogP contribution in [0.4, 0.5) is 11.5 Å². The van der Waals surface area contributed by atoms with E-state index in [-0.39, 0.29) is 11.9 Å². The zero-order valence-corrected chi connectivity index (χ0v) is 15.2. The molecule has 1 aliphatic carbocycles. The Labute approximate surface area is 154 Å². The van der Waals surface area contributed by atoms with Gasteiger partial charge in [-0.2, -0.15) is 0 Å². The summed E-state index contributed by atoms with van der Waals surface area (Å²) in [5, 5.41) is 11.7. The molecule has 0 bridgehead atoms. The average Bonchev–Trinajstić information content (AvgIpc) is 2.96. The van der Waals surface area contributed by atoms with E-state index in [0.717, 1.165) is 38.0 Å². The van der Waals surface area contributed by atoms with Crippen LogP contribution in [-0.4, -0.2) is 28.7 Å². The van der Waals surface area contributed by atoms with E-state index < -0.39 is 0 Å². The highest BCUT2D eigenvalue weighted by Crippen LogP contribution is 2.31. The minimum Gasteiger partial charge on any atom is -0.348 e. The Hall–Kier alpha value is -2.43. The van der Waals surface area contributed by atoms with Gasteiger partial charge in [-0.3, -0.25) is 4.79 Å². The van der Waals surface area contributed by atoms with Crippen LogP contribution in [0.5, 0.6) is 0 Å². The molecule has 2 aliphatic rings. The smallest absolute Gasteiger partial charge is 0.272 e. The summed E-state index contributed by atoms with van der Waals surface area (Å²) >= 11 is 0. The van der Waals surface area contributed by atoms with Crippen LogP contribution in [0, 0.1) is 0 Å². The average molecular weight is 350 g/mol. The number of hydrogen-bond donors (Lipinski definition) is 1. The fourth-order valence-electron chi connectivity index (χ4n) is 4.04. The first-order valence-corrected chi connectivity index (χ1v) is 9.81. The molecule has 1 saturated carbocycles. The molecule has 1 aromatic carbocycles. The maximum atomic E-state index is 12.5. The van der Waals surface area contributed by atoms with Gasteiger partial charge in [0.1, 0.15) is 0 Å². The first-order valence-electron chi connectivity index (χ1n) is 9.81. The summed E-state index contributed by atoms with van der Waals surface area (Å²) in [5.74, 6) is 0.707. The fourth-order valence-corrected chi connectivity index (χ4v) is 4.04. The summed E-state index contributed by atoms with van der Waals surface area (Å²) < 4.78 is 0. The molecule has 1 N–H and O–H groups in total. The van der Waals surface area contributed by atoms with E-state index in [1.54, 1.807) is 6.07 Å². The number of nitrogens with one attached hydrogen (secondary N) is 1. The van der Waals surface area contributed by atoms with E-state index in [9.17, 15) is 4.79 Å². The van der Waals surface area contributed by atoms with Crippen LogP contribution in [0.1, 0.15) is 61.0 Å². The van der Waals surface area contributed by atoms with Crippen molar-refractivity contribution in [2.45, 2.75) is 57.4 Å². The Morgan fingerprint density at radius 2 is 1.77 bits per heavy atom. The number of amides is 1. The van der Waals surface area contributed by atoms with E-state index in [1.165, 1.54) is 36.9 Å². The molecule has 0 saturated heterocycles. The highest BCUT2D eigenvalue weighted by molar-refractivity contribution is 5.92. The molecular weight excluding hydrogens is 324 g/mol. The Morgan fingerprint density at radius 3 is 2.54 bits per heavy atom. The van der Waals surface area contributed by atoms with Gasteiger partial charge in [-0.25, -0.2) is 0 Å². The number of hydrogen-bond acceptors (Lipinski definition) is 4. The minimum absolute atomic E-state index is 0.102. The molecule has 1 fully saturated rings. The molecular formula is C21H26N4O. The molecule has 136 valence electrons. The summed E-state index contributed by atoms with van der Waals surface area (Å²) in [7, 11) is 0. The SMILES string of the molecule is O=C(NC1CCCCCC1)c1ccc(N2CCCc3ccccc32)nn1. The van der Waals surface area contributed by atoms with Crippen LogP contribution in [0.25, 0.3) is 0 Å². The lowest BCUT2D eigenvalue weighted by Crippen LogP contribution is -2.35. The van der Waals surface area contributed by atoms with Crippen molar-refractivity contribution in [1.82, 2.24) is 15.5 Å². The molecule has 4 rings (SSSR count). The van der Waals surface area contributed by atoms with Crippen molar-refractivity contribution in [1.29, 1.82) is 0 Å². The topological polar surface area (TPSA) is 58.1 Å². The summed E-state index contributed by atoms with van der Waals surface area (Å²) in [6.07, 6.45) is 9.29. The summed E-state index contributed by atoms with van der Waals surface area (Å²) in [4.78, 5) is 14.7. The second-order valence-corrected chi connectivity index (χ2v) is 7.32. The normalized spacial score (nSPS) is 18.1. The third kappa shape index (κ3) is 3.71. The molecule has 2 heterocycles. The predicted octanol–water partition coefficient (Wildman–Crippen LogP) is 4.01. The lowest BCUT2D eigenvalue weighted by Gasteiger charge is -2.29.